The second kappa shape index (κ2) is 5.41. The lowest BCUT2D eigenvalue weighted by Crippen LogP contribution is -2.40. The number of carboxylic acids is 1. The molecule has 3 N–H and O–H groups in total. The van der Waals surface area contributed by atoms with E-state index in [2.05, 4.69) is 15.6 Å². The zero-order chi connectivity index (χ0) is 14.0. The highest BCUT2D eigenvalue weighted by Gasteiger charge is 2.15. The minimum Gasteiger partial charge on any atom is -0.480 e. The molecule has 2 aromatic rings. The Balaban J connectivity index is 2.09. The molecule has 6 nitrogen and oxygen atoms in total. The second-order valence-corrected chi connectivity index (χ2v) is 5.26. The maximum Gasteiger partial charge on any atom is 0.325 e. The number of halogens is 1. The molecule has 1 atom stereocenters. The molecule has 8 heteroatoms. The van der Waals surface area contributed by atoms with Gasteiger partial charge in [-0.2, -0.15) is 0 Å². The van der Waals surface area contributed by atoms with Gasteiger partial charge < -0.3 is 10.4 Å². The van der Waals surface area contributed by atoms with E-state index < -0.39 is 18.0 Å². The van der Waals surface area contributed by atoms with E-state index in [-0.39, 0.29) is 0 Å². The molecule has 0 unspecified atom stereocenters. The van der Waals surface area contributed by atoms with Gasteiger partial charge in [0.25, 0.3) is 0 Å². The number of carboxylic acid groups (broad SMARTS) is 1. The molecule has 19 heavy (non-hydrogen) atoms. The summed E-state index contributed by atoms with van der Waals surface area (Å²) in [5.74, 6) is -1.11. The predicted molar refractivity (Wildman–Crippen MR) is 73.9 cm³/mol. The van der Waals surface area contributed by atoms with Gasteiger partial charge >= 0.3 is 12.0 Å². The quantitative estimate of drug-likeness (QED) is 0.812. The van der Waals surface area contributed by atoms with Crippen LogP contribution in [0.1, 0.15) is 6.92 Å². The lowest BCUT2D eigenvalue weighted by atomic mass is 10.3. The van der Waals surface area contributed by atoms with Crippen molar-refractivity contribution < 1.29 is 14.7 Å². The summed E-state index contributed by atoms with van der Waals surface area (Å²) >= 11 is 7.11. The van der Waals surface area contributed by atoms with Gasteiger partial charge in [-0.1, -0.05) is 22.9 Å². The summed E-state index contributed by atoms with van der Waals surface area (Å²) in [4.78, 5) is 26.3. The van der Waals surface area contributed by atoms with Crippen LogP contribution in [0.4, 0.5) is 9.93 Å². The van der Waals surface area contributed by atoms with Gasteiger partial charge in [-0.15, -0.1) is 0 Å². The third-order valence-electron chi connectivity index (χ3n) is 2.29. The van der Waals surface area contributed by atoms with Crippen LogP contribution in [0.5, 0.6) is 0 Å². The number of urea groups is 1. The van der Waals surface area contributed by atoms with Gasteiger partial charge in [0.05, 0.1) is 10.2 Å². The van der Waals surface area contributed by atoms with Gasteiger partial charge in [-0.3, -0.25) is 10.1 Å². The predicted octanol–water partition coefficient (Wildman–Crippen LogP) is 2.54. The van der Waals surface area contributed by atoms with Crippen molar-refractivity contribution in [3.63, 3.8) is 0 Å². The number of aliphatic carboxylic acids is 1. The number of aromatic nitrogens is 1. The standard InChI is InChI=1S/C11H10ClN3O3S/c1-5(9(16)17)13-10(18)15-11-14-7-3-2-6(12)4-8(7)19-11/h2-5H,1H3,(H,16,17)(H2,13,14,15,18)/t5-/m1/s1. The summed E-state index contributed by atoms with van der Waals surface area (Å²) in [6.45, 7) is 1.38. The minimum atomic E-state index is -1.11. The van der Waals surface area contributed by atoms with E-state index in [1.165, 1.54) is 18.3 Å². The smallest absolute Gasteiger partial charge is 0.325 e. The molecule has 0 fully saturated rings. The Morgan fingerprint density at radius 3 is 2.89 bits per heavy atom. The largest absolute Gasteiger partial charge is 0.480 e. The number of hydrogen-bond acceptors (Lipinski definition) is 4. The Hall–Kier alpha value is -1.86. The van der Waals surface area contributed by atoms with Crippen LogP contribution in [0.15, 0.2) is 18.2 Å². The number of anilines is 1. The number of amides is 2. The number of hydrogen-bond donors (Lipinski definition) is 3. The molecule has 0 aliphatic carbocycles. The SMILES string of the molecule is C[C@@H](NC(=O)Nc1nc2ccc(Cl)cc2s1)C(=O)O. The highest BCUT2D eigenvalue weighted by molar-refractivity contribution is 7.22. The molecule has 2 amide bonds. The summed E-state index contributed by atoms with van der Waals surface area (Å²) in [5.41, 5.74) is 0.719. The monoisotopic (exact) mass is 299 g/mol. The maximum atomic E-state index is 11.5. The van der Waals surface area contributed by atoms with Gasteiger partial charge in [0.15, 0.2) is 5.13 Å². The Morgan fingerprint density at radius 2 is 2.21 bits per heavy atom. The average Bonchev–Trinajstić information content (AvgIpc) is 2.69. The van der Waals surface area contributed by atoms with E-state index in [0.29, 0.717) is 10.2 Å². The second-order valence-electron chi connectivity index (χ2n) is 3.79. The fraction of sp³-hybridized carbons (Fsp3) is 0.182. The van der Waals surface area contributed by atoms with Crippen LogP contribution in [0.2, 0.25) is 5.02 Å². The highest BCUT2D eigenvalue weighted by atomic mass is 35.5. The number of carbonyl (C=O) groups excluding carboxylic acids is 1. The number of nitrogens with zero attached hydrogens (tertiary/aromatic N) is 1. The number of rotatable bonds is 3. The van der Waals surface area contributed by atoms with Gasteiger partial charge in [0.2, 0.25) is 0 Å². The molecule has 1 aromatic heterocycles. The lowest BCUT2D eigenvalue weighted by molar-refractivity contribution is -0.138. The molecule has 100 valence electrons. The molecule has 0 saturated heterocycles. The van der Waals surface area contributed by atoms with Crippen LogP contribution < -0.4 is 10.6 Å². The van der Waals surface area contributed by atoms with E-state index in [0.717, 1.165) is 10.2 Å². The van der Waals surface area contributed by atoms with Crippen molar-refractivity contribution in [3.8, 4) is 0 Å². The number of benzene rings is 1. The Kier molecular flexibility index (Phi) is 3.87. The van der Waals surface area contributed by atoms with Crippen molar-refractivity contribution >= 4 is 50.3 Å². The first kappa shape index (κ1) is 13.6. The number of fused-ring (bicyclic) bond motifs is 1. The van der Waals surface area contributed by atoms with Crippen LogP contribution in [-0.2, 0) is 4.79 Å². The van der Waals surface area contributed by atoms with Crippen LogP contribution in [0.3, 0.4) is 0 Å². The molecule has 0 saturated carbocycles. The van der Waals surface area contributed by atoms with Crippen molar-refractivity contribution in [1.29, 1.82) is 0 Å². The third kappa shape index (κ3) is 3.33. The topological polar surface area (TPSA) is 91.3 Å². The summed E-state index contributed by atoms with van der Waals surface area (Å²) < 4.78 is 0.842. The van der Waals surface area contributed by atoms with Gasteiger partial charge in [0, 0.05) is 5.02 Å². The molecular weight excluding hydrogens is 290 g/mol. The fourth-order valence-electron chi connectivity index (χ4n) is 1.34. The van der Waals surface area contributed by atoms with Crippen molar-refractivity contribution in [2.45, 2.75) is 13.0 Å². The molecule has 1 aromatic carbocycles. The number of thiazole rings is 1. The van der Waals surface area contributed by atoms with E-state index in [1.54, 1.807) is 18.2 Å². The van der Waals surface area contributed by atoms with Crippen LogP contribution in [0, 0.1) is 0 Å². The van der Waals surface area contributed by atoms with E-state index in [1.807, 2.05) is 0 Å². The molecule has 0 spiro atoms. The van der Waals surface area contributed by atoms with Crippen molar-refractivity contribution in [1.82, 2.24) is 10.3 Å². The molecule has 2 rings (SSSR count). The maximum absolute atomic E-state index is 11.5. The molecule has 1 heterocycles. The third-order valence-corrected chi connectivity index (χ3v) is 3.46. The highest BCUT2D eigenvalue weighted by Crippen LogP contribution is 2.28. The van der Waals surface area contributed by atoms with Crippen molar-refractivity contribution in [3.05, 3.63) is 23.2 Å². The minimum absolute atomic E-state index is 0.382. The zero-order valence-corrected chi connectivity index (χ0v) is 11.4. The molecule has 0 bridgehead atoms. The van der Waals surface area contributed by atoms with Gasteiger partial charge in [-0.05, 0) is 25.1 Å². The van der Waals surface area contributed by atoms with Gasteiger partial charge in [-0.25, -0.2) is 9.78 Å². The van der Waals surface area contributed by atoms with Gasteiger partial charge in [0.1, 0.15) is 6.04 Å². The Labute approximate surface area is 117 Å². The normalized spacial score (nSPS) is 12.1. The molecule has 0 radical (unpaired) electrons. The van der Waals surface area contributed by atoms with Crippen LogP contribution in [-0.4, -0.2) is 28.1 Å². The Bertz CT molecular complexity index is 643. The number of nitrogens with one attached hydrogen (secondary N) is 2. The molecular formula is C11H10ClN3O3S. The Morgan fingerprint density at radius 1 is 1.47 bits per heavy atom. The molecule has 0 aliphatic rings. The summed E-state index contributed by atoms with van der Waals surface area (Å²) in [7, 11) is 0. The first-order valence-corrected chi connectivity index (χ1v) is 6.51. The zero-order valence-electron chi connectivity index (χ0n) is 9.81. The van der Waals surface area contributed by atoms with E-state index in [9.17, 15) is 9.59 Å². The van der Waals surface area contributed by atoms with Crippen molar-refractivity contribution in [2.75, 3.05) is 5.32 Å². The summed E-state index contributed by atoms with van der Waals surface area (Å²) in [6, 6.07) is 3.62. The van der Waals surface area contributed by atoms with Crippen LogP contribution in [0.25, 0.3) is 10.2 Å². The number of carbonyl (C=O) groups is 2. The fourth-order valence-corrected chi connectivity index (χ4v) is 2.48. The molecule has 0 aliphatic heterocycles. The first-order chi connectivity index (χ1) is 8.95. The lowest BCUT2D eigenvalue weighted by Gasteiger charge is -2.08. The van der Waals surface area contributed by atoms with E-state index >= 15 is 0 Å². The first-order valence-electron chi connectivity index (χ1n) is 5.32. The average molecular weight is 300 g/mol. The van der Waals surface area contributed by atoms with Crippen LogP contribution >= 0.6 is 22.9 Å². The van der Waals surface area contributed by atoms with E-state index in [4.69, 9.17) is 16.7 Å². The van der Waals surface area contributed by atoms with Crippen molar-refractivity contribution in [2.24, 2.45) is 0 Å². The summed E-state index contributed by atoms with van der Waals surface area (Å²) in [5, 5.41) is 14.4. The summed E-state index contributed by atoms with van der Waals surface area (Å²) in [6.07, 6.45) is 0.